The average molecular weight is 355 g/mol. The van der Waals surface area contributed by atoms with Gasteiger partial charge in [0, 0.05) is 12.7 Å². The number of nitrogens with zero attached hydrogens (tertiary/aromatic N) is 1. The molecule has 0 aliphatic carbocycles. The number of halogens is 1. The first-order valence-electron chi connectivity index (χ1n) is 7.80. The van der Waals surface area contributed by atoms with Crippen molar-refractivity contribution in [2.24, 2.45) is 0 Å². The zero-order valence-corrected chi connectivity index (χ0v) is 14.4. The van der Waals surface area contributed by atoms with Gasteiger partial charge < -0.3 is 15.4 Å². The van der Waals surface area contributed by atoms with Gasteiger partial charge in [-0.25, -0.2) is 4.39 Å². The number of carbonyl (C=O) groups is 2. The number of carbonyl (C=O) groups excluding carboxylic acids is 2. The van der Waals surface area contributed by atoms with Gasteiger partial charge in [0.15, 0.2) is 0 Å². The summed E-state index contributed by atoms with van der Waals surface area (Å²) in [5.74, 6) is -2.32. The van der Waals surface area contributed by atoms with Crippen molar-refractivity contribution < 1.29 is 18.7 Å². The van der Waals surface area contributed by atoms with E-state index in [0.29, 0.717) is 0 Å². The molecule has 1 atom stereocenters. The molecule has 0 saturated carbocycles. The van der Waals surface area contributed by atoms with Crippen molar-refractivity contribution in [2.75, 3.05) is 19.0 Å². The Hall–Kier alpha value is -3.24. The molecule has 2 rings (SSSR count). The van der Waals surface area contributed by atoms with Gasteiger partial charge in [-0.15, -0.1) is 0 Å². The molecule has 0 spiro atoms. The molecule has 0 bridgehead atoms. The van der Waals surface area contributed by atoms with Crippen molar-refractivity contribution >= 4 is 17.5 Å². The lowest BCUT2D eigenvalue weighted by atomic mass is 9.95. The summed E-state index contributed by atoms with van der Waals surface area (Å²) in [6, 6.07) is 14.3. The molecule has 26 heavy (non-hydrogen) atoms. The highest BCUT2D eigenvalue weighted by atomic mass is 19.1. The van der Waals surface area contributed by atoms with Gasteiger partial charge in [-0.05, 0) is 25.1 Å². The average Bonchev–Trinajstić information content (AvgIpc) is 2.66. The number of hydrogen-bond donors (Lipinski definition) is 2. The number of methoxy groups -OCH3 is 1. The Bertz CT molecular complexity index is 863. The zero-order chi connectivity index (χ0) is 19.2. The van der Waals surface area contributed by atoms with Crippen LogP contribution in [0.5, 0.6) is 0 Å². The summed E-state index contributed by atoms with van der Waals surface area (Å²) in [5.41, 5.74) is -0.412. The van der Waals surface area contributed by atoms with Crippen molar-refractivity contribution in [3.05, 3.63) is 65.5 Å². The van der Waals surface area contributed by atoms with Crippen LogP contribution < -0.4 is 10.6 Å². The van der Waals surface area contributed by atoms with Crippen LogP contribution in [-0.4, -0.2) is 25.5 Å². The minimum atomic E-state index is -1.15. The highest BCUT2D eigenvalue weighted by Crippen LogP contribution is 2.26. The first-order valence-corrected chi connectivity index (χ1v) is 7.80. The second-order valence-electron chi connectivity index (χ2n) is 5.71. The number of anilines is 1. The van der Waals surface area contributed by atoms with Crippen molar-refractivity contribution in [3.63, 3.8) is 0 Å². The molecule has 2 amide bonds. The smallest absolute Gasteiger partial charge is 0.313 e. The first kappa shape index (κ1) is 19.1. The van der Waals surface area contributed by atoms with Gasteiger partial charge in [0.1, 0.15) is 17.5 Å². The Morgan fingerprint density at radius 2 is 1.81 bits per heavy atom. The van der Waals surface area contributed by atoms with Gasteiger partial charge in [0.25, 0.3) is 0 Å². The Labute approximate surface area is 150 Å². The summed E-state index contributed by atoms with van der Waals surface area (Å²) >= 11 is 0. The molecule has 6 nitrogen and oxygen atoms in total. The number of nitrogens with one attached hydrogen (secondary N) is 2. The third-order valence-corrected chi connectivity index (χ3v) is 3.98. The number of rotatable bonds is 5. The van der Waals surface area contributed by atoms with Crippen LogP contribution in [0.1, 0.15) is 18.1 Å². The second-order valence-corrected chi connectivity index (χ2v) is 5.71. The van der Waals surface area contributed by atoms with Crippen LogP contribution in [0.2, 0.25) is 0 Å². The minimum absolute atomic E-state index is 0.115. The maximum Gasteiger partial charge on any atom is 0.313 e. The molecule has 0 heterocycles. The van der Waals surface area contributed by atoms with Crippen LogP contribution in [0.3, 0.4) is 0 Å². The molecule has 7 heteroatoms. The number of nitriles is 1. The fraction of sp³-hybridized carbons (Fsp3) is 0.211. The van der Waals surface area contributed by atoms with Crippen LogP contribution >= 0.6 is 0 Å². The summed E-state index contributed by atoms with van der Waals surface area (Å²) < 4.78 is 19.4. The third-order valence-electron chi connectivity index (χ3n) is 3.98. The third kappa shape index (κ3) is 4.23. The summed E-state index contributed by atoms with van der Waals surface area (Å²) in [6.45, 7) is 1.49. The van der Waals surface area contributed by atoms with Gasteiger partial charge in [-0.1, -0.05) is 30.3 Å². The fourth-order valence-electron chi connectivity index (χ4n) is 2.37. The van der Waals surface area contributed by atoms with E-state index < -0.39 is 23.2 Å². The van der Waals surface area contributed by atoms with Crippen LogP contribution in [0.25, 0.3) is 0 Å². The maximum absolute atomic E-state index is 14.0. The molecular weight excluding hydrogens is 337 g/mol. The Morgan fingerprint density at radius 1 is 1.15 bits per heavy atom. The quantitative estimate of drug-likeness (QED) is 0.805. The van der Waals surface area contributed by atoms with Crippen LogP contribution in [-0.2, 0) is 19.9 Å². The summed E-state index contributed by atoms with van der Waals surface area (Å²) in [7, 11) is 1.39. The largest absolute Gasteiger partial charge is 0.372 e. The molecule has 0 aromatic heterocycles. The summed E-state index contributed by atoms with van der Waals surface area (Å²) in [4.78, 5) is 24.1. The Kier molecular flexibility index (Phi) is 6.04. The predicted octanol–water partition coefficient (Wildman–Crippen LogP) is 2.31. The Morgan fingerprint density at radius 3 is 2.46 bits per heavy atom. The van der Waals surface area contributed by atoms with E-state index in [1.807, 2.05) is 6.07 Å². The van der Waals surface area contributed by atoms with E-state index in [0.717, 1.165) is 0 Å². The lowest BCUT2D eigenvalue weighted by Crippen LogP contribution is -2.44. The predicted molar refractivity (Wildman–Crippen MR) is 93.6 cm³/mol. The van der Waals surface area contributed by atoms with Crippen LogP contribution in [0.15, 0.2) is 48.5 Å². The number of ether oxygens (including phenoxy) is 1. The molecule has 0 aliphatic heterocycles. The van der Waals surface area contributed by atoms with Gasteiger partial charge in [-0.2, -0.15) is 5.26 Å². The lowest BCUT2D eigenvalue weighted by Gasteiger charge is -2.29. The molecule has 2 aromatic carbocycles. The van der Waals surface area contributed by atoms with Gasteiger partial charge in [0.2, 0.25) is 0 Å². The number of amides is 2. The van der Waals surface area contributed by atoms with Crippen LogP contribution in [0, 0.1) is 17.1 Å². The van der Waals surface area contributed by atoms with Gasteiger partial charge in [0.05, 0.1) is 17.8 Å². The van der Waals surface area contributed by atoms with Crippen molar-refractivity contribution in [1.82, 2.24) is 5.32 Å². The van der Waals surface area contributed by atoms with Gasteiger partial charge in [-0.3, -0.25) is 9.59 Å². The molecule has 2 aromatic rings. The SMILES string of the molecule is COC(C)(CNC(=O)C(=O)Nc1ccccc1C#N)c1ccccc1F. The number of hydrogen-bond acceptors (Lipinski definition) is 4. The minimum Gasteiger partial charge on any atom is -0.372 e. The van der Waals surface area contributed by atoms with E-state index in [4.69, 9.17) is 10.00 Å². The lowest BCUT2D eigenvalue weighted by molar-refractivity contribution is -0.137. The zero-order valence-electron chi connectivity index (χ0n) is 14.4. The Balaban J connectivity index is 2.06. The molecule has 0 saturated heterocycles. The van der Waals surface area contributed by atoms with E-state index >= 15 is 0 Å². The topological polar surface area (TPSA) is 91.2 Å². The number of benzene rings is 2. The maximum atomic E-state index is 14.0. The standard InChI is InChI=1S/C19H18FN3O3/c1-19(26-2,14-8-4-5-9-15(14)20)12-22-17(24)18(25)23-16-10-6-3-7-13(16)11-21/h3-10H,12H2,1-2H3,(H,22,24)(H,23,25). The van der Waals surface area contributed by atoms with Crippen molar-refractivity contribution in [1.29, 1.82) is 5.26 Å². The highest BCUT2D eigenvalue weighted by Gasteiger charge is 2.30. The molecule has 1 unspecified atom stereocenters. The van der Waals surface area contributed by atoms with Crippen molar-refractivity contribution in [3.8, 4) is 6.07 Å². The normalized spacial score (nSPS) is 12.5. The molecule has 0 radical (unpaired) electrons. The number of para-hydroxylation sites is 1. The molecule has 0 aliphatic rings. The molecule has 2 N–H and O–H groups in total. The van der Waals surface area contributed by atoms with Crippen LogP contribution in [0.4, 0.5) is 10.1 Å². The van der Waals surface area contributed by atoms with E-state index in [9.17, 15) is 14.0 Å². The first-order chi connectivity index (χ1) is 12.4. The molecule has 0 fully saturated rings. The van der Waals surface area contributed by atoms with E-state index in [1.54, 1.807) is 37.3 Å². The second kappa shape index (κ2) is 8.23. The summed E-state index contributed by atoms with van der Waals surface area (Å²) in [6.07, 6.45) is 0. The van der Waals surface area contributed by atoms with E-state index in [-0.39, 0.29) is 23.4 Å². The molecule has 134 valence electrons. The van der Waals surface area contributed by atoms with E-state index in [2.05, 4.69) is 10.6 Å². The summed E-state index contributed by atoms with van der Waals surface area (Å²) in [5, 5.41) is 13.8. The fourth-order valence-corrected chi connectivity index (χ4v) is 2.37. The van der Waals surface area contributed by atoms with Crippen molar-refractivity contribution in [2.45, 2.75) is 12.5 Å². The highest BCUT2D eigenvalue weighted by molar-refractivity contribution is 6.39. The monoisotopic (exact) mass is 355 g/mol. The van der Waals surface area contributed by atoms with Gasteiger partial charge >= 0.3 is 11.8 Å². The van der Waals surface area contributed by atoms with E-state index in [1.165, 1.54) is 25.3 Å². The molecular formula is C19H18FN3O3.